The molecule has 0 saturated carbocycles. The zero-order valence-electron chi connectivity index (χ0n) is 8.34. The van der Waals surface area contributed by atoms with Crippen LogP contribution in [0.2, 0.25) is 0 Å². The number of nitrogens with zero attached hydrogens (tertiary/aromatic N) is 2. The van der Waals surface area contributed by atoms with Crippen LogP contribution in [0.3, 0.4) is 0 Å². The van der Waals surface area contributed by atoms with E-state index in [0.29, 0.717) is 11.4 Å². The molecule has 84 valence electrons. The van der Waals surface area contributed by atoms with Gasteiger partial charge in [0.15, 0.2) is 0 Å². The number of rotatable bonds is 4. The second kappa shape index (κ2) is 4.95. The number of nitriles is 1. The molecule has 6 N–H and O–H groups in total. The Bertz CT molecular complexity index is 440. The third-order valence-corrected chi connectivity index (χ3v) is 1.84. The van der Waals surface area contributed by atoms with Gasteiger partial charge in [-0.05, 0) is 6.07 Å². The van der Waals surface area contributed by atoms with Gasteiger partial charge in [0.1, 0.15) is 18.0 Å². The molecule has 0 aliphatic rings. The Morgan fingerprint density at radius 2 is 2.44 bits per heavy atom. The molecule has 1 amide bonds. The van der Waals surface area contributed by atoms with E-state index in [1.807, 2.05) is 6.07 Å². The first kappa shape index (κ1) is 11.7. The summed E-state index contributed by atoms with van der Waals surface area (Å²) < 4.78 is 0. The number of aliphatic hydroxyl groups excluding tert-OH is 1. The first-order valence-corrected chi connectivity index (χ1v) is 4.41. The van der Waals surface area contributed by atoms with E-state index in [0.717, 1.165) is 0 Å². The van der Waals surface area contributed by atoms with Gasteiger partial charge in [-0.1, -0.05) is 0 Å². The van der Waals surface area contributed by atoms with E-state index in [-0.39, 0.29) is 12.2 Å². The Morgan fingerprint density at radius 1 is 1.75 bits per heavy atom. The summed E-state index contributed by atoms with van der Waals surface area (Å²) in [6.45, 7) is -0.0849. The molecule has 0 bridgehead atoms. The molecule has 7 nitrogen and oxygen atoms in total. The number of aliphatic hydroxyl groups is 1. The summed E-state index contributed by atoms with van der Waals surface area (Å²) in [5.41, 5.74) is 11.0. The fraction of sp³-hybridized carbons (Fsp3) is 0.222. The number of aromatic nitrogens is 1. The maximum atomic E-state index is 10.5. The molecule has 0 saturated heterocycles. The van der Waals surface area contributed by atoms with E-state index >= 15 is 0 Å². The smallest absolute Gasteiger partial charge is 0.248 e. The number of carbonyl (C=O) groups excluding carboxylic acids is 1. The first-order valence-electron chi connectivity index (χ1n) is 4.41. The number of anilines is 2. The highest BCUT2D eigenvalue weighted by Crippen LogP contribution is 2.15. The number of amides is 1. The molecular weight excluding hydrogens is 210 g/mol. The maximum absolute atomic E-state index is 10.5. The van der Waals surface area contributed by atoms with Crippen LogP contribution in [0.5, 0.6) is 0 Å². The molecule has 0 radical (unpaired) electrons. The van der Waals surface area contributed by atoms with E-state index < -0.39 is 12.0 Å². The van der Waals surface area contributed by atoms with Crippen molar-refractivity contribution in [3.8, 4) is 6.07 Å². The number of primary amides is 1. The molecule has 1 rings (SSSR count). The van der Waals surface area contributed by atoms with Crippen LogP contribution < -0.4 is 16.8 Å². The van der Waals surface area contributed by atoms with Crippen LogP contribution in [-0.2, 0) is 4.79 Å². The third kappa shape index (κ3) is 2.83. The molecule has 1 atom stereocenters. The number of nitrogens with two attached hydrogens (primary N) is 2. The number of nitrogens with one attached hydrogen (secondary N) is 1. The fourth-order valence-corrected chi connectivity index (χ4v) is 0.985. The van der Waals surface area contributed by atoms with E-state index in [4.69, 9.17) is 21.8 Å². The quantitative estimate of drug-likeness (QED) is 0.503. The van der Waals surface area contributed by atoms with Crippen LogP contribution >= 0.6 is 0 Å². The zero-order valence-corrected chi connectivity index (χ0v) is 8.34. The number of pyridine rings is 1. The minimum absolute atomic E-state index is 0.0849. The molecule has 1 unspecified atom stereocenters. The number of hydrogen-bond acceptors (Lipinski definition) is 6. The van der Waals surface area contributed by atoms with Gasteiger partial charge in [0.25, 0.3) is 0 Å². The van der Waals surface area contributed by atoms with Gasteiger partial charge in [-0.25, -0.2) is 4.98 Å². The van der Waals surface area contributed by atoms with E-state index in [9.17, 15) is 4.79 Å². The van der Waals surface area contributed by atoms with Crippen molar-refractivity contribution in [1.82, 2.24) is 4.98 Å². The highest BCUT2D eigenvalue weighted by molar-refractivity contribution is 5.79. The lowest BCUT2D eigenvalue weighted by Gasteiger charge is -2.10. The summed E-state index contributed by atoms with van der Waals surface area (Å²) in [4.78, 5) is 14.4. The summed E-state index contributed by atoms with van der Waals surface area (Å²) >= 11 is 0. The standard InChI is InChI=1S/C9H11N5O2/c10-2-5-1-6(11)9(13-3-5)14-4-7(15)8(12)16/h1,3,7,15H,4,11H2,(H2,12,16)(H,13,14). The van der Waals surface area contributed by atoms with Crippen LogP contribution in [0, 0.1) is 11.3 Å². The molecule has 1 aromatic heterocycles. The van der Waals surface area contributed by atoms with Crippen molar-refractivity contribution < 1.29 is 9.90 Å². The van der Waals surface area contributed by atoms with Crippen LogP contribution in [-0.4, -0.2) is 28.6 Å². The van der Waals surface area contributed by atoms with Crippen LogP contribution in [0.1, 0.15) is 5.56 Å². The van der Waals surface area contributed by atoms with E-state index in [1.165, 1.54) is 12.3 Å². The molecule has 0 aliphatic heterocycles. The van der Waals surface area contributed by atoms with Gasteiger partial charge in [-0.3, -0.25) is 4.79 Å². The lowest BCUT2D eigenvalue weighted by molar-refractivity contribution is -0.125. The predicted molar refractivity (Wildman–Crippen MR) is 57.1 cm³/mol. The summed E-state index contributed by atoms with van der Waals surface area (Å²) in [6, 6.07) is 3.32. The minimum Gasteiger partial charge on any atom is -0.396 e. The Balaban J connectivity index is 2.69. The molecule has 1 aromatic rings. The molecule has 7 heteroatoms. The normalized spacial score (nSPS) is 11.5. The lowest BCUT2D eigenvalue weighted by atomic mass is 10.2. The summed E-state index contributed by atoms with van der Waals surface area (Å²) in [6.07, 6.45) is 0.0202. The van der Waals surface area contributed by atoms with Gasteiger partial charge in [-0.15, -0.1) is 0 Å². The molecule has 16 heavy (non-hydrogen) atoms. The van der Waals surface area contributed by atoms with Gasteiger partial charge in [0.05, 0.1) is 17.8 Å². The van der Waals surface area contributed by atoms with Gasteiger partial charge in [0, 0.05) is 6.20 Å². The van der Waals surface area contributed by atoms with Gasteiger partial charge < -0.3 is 21.9 Å². The number of nitrogen functional groups attached to an aromatic ring is 1. The Kier molecular flexibility index (Phi) is 3.63. The molecular formula is C9H11N5O2. The van der Waals surface area contributed by atoms with E-state index in [2.05, 4.69) is 10.3 Å². The van der Waals surface area contributed by atoms with Crippen molar-refractivity contribution in [3.63, 3.8) is 0 Å². The highest BCUT2D eigenvalue weighted by atomic mass is 16.3. The first-order chi connectivity index (χ1) is 7.54. The van der Waals surface area contributed by atoms with Gasteiger partial charge in [0.2, 0.25) is 5.91 Å². The van der Waals surface area contributed by atoms with Gasteiger partial charge >= 0.3 is 0 Å². The largest absolute Gasteiger partial charge is 0.396 e. The second-order valence-electron chi connectivity index (χ2n) is 3.07. The highest BCUT2D eigenvalue weighted by Gasteiger charge is 2.11. The zero-order chi connectivity index (χ0) is 12.1. The number of carbonyl (C=O) groups is 1. The molecule has 0 aromatic carbocycles. The number of hydrogen-bond donors (Lipinski definition) is 4. The van der Waals surface area contributed by atoms with Crippen molar-refractivity contribution in [3.05, 3.63) is 17.8 Å². The Morgan fingerprint density at radius 3 is 2.94 bits per heavy atom. The van der Waals surface area contributed by atoms with Crippen LogP contribution in [0.15, 0.2) is 12.3 Å². The SMILES string of the molecule is N#Cc1cnc(NCC(O)C(N)=O)c(N)c1. The lowest BCUT2D eigenvalue weighted by Crippen LogP contribution is -2.34. The van der Waals surface area contributed by atoms with Gasteiger partial charge in [-0.2, -0.15) is 5.26 Å². The van der Waals surface area contributed by atoms with Crippen molar-refractivity contribution >= 4 is 17.4 Å². The predicted octanol–water partition coefficient (Wildman–Crippen LogP) is -1.21. The Hall–Kier alpha value is -2.33. The van der Waals surface area contributed by atoms with Crippen molar-refractivity contribution in [1.29, 1.82) is 5.26 Å². The van der Waals surface area contributed by atoms with Crippen molar-refractivity contribution in [2.45, 2.75) is 6.10 Å². The average molecular weight is 221 g/mol. The molecule has 0 fully saturated rings. The van der Waals surface area contributed by atoms with Crippen molar-refractivity contribution in [2.24, 2.45) is 5.73 Å². The third-order valence-electron chi connectivity index (χ3n) is 1.84. The topological polar surface area (TPSA) is 138 Å². The minimum atomic E-state index is -1.31. The van der Waals surface area contributed by atoms with E-state index in [1.54, 1.807) is 0 Å². The summed E-state index contributed by atoms with van der Waals surface area (Å²) in [5.74, 6) is -0.543. The summed E-state index contributed by atoms with van der Waals surface area (Å²) in [7, 11) is 0. The summed E-state index contributed by atoms with van der Waals surface area (Å²) in [5, 5.41) is 20.3. The molecule has 1 heterocycles. The molecule has 0 aliphatic carbocycles. The van der Waals surface area contributed by atoms with Crippen LogP contribution in [0.4, 0.5) is 11.5 Å². The van der Waals surface area contributed by atoms with Crippen molar-refractivity contribution in [2.75, 3.05) is 17.6 Å². The average Bonchev–Trinajstić information content (AvgIpc) is 2.26. The van der Waals surface area contributed by atoms with Crippen LogP contribution in [0.25, 0.3) is 0 Å². The second-order valence-corrected chi connectivity index (χ2v) is 3.07. The Labute approximate surface area is 91.7 Å². The monoisotopic (exact) mass is 221 g/mol. The fourth-order valence-electron chi connectivity index (χ4n) is 0.985. The molecule has 0 spiro atoms. The maximum Gasteiger partial charge on any atom is 0.248 e.